The molecule has 0 aliphatic carbocycles. The summed E-state index contributed by atoms with van der Waals surface area (Å²) in [5, 5.41) is 3.55. The van der Waals surface area contributed by atoms with E-state index in [-0.39, 0.29) is 5.91 Å². The Morgan fingerprint density at radius 1 is 1.37 bits per heavy atom. The lowest BCUT2D eigenvalue weighted by atomic mass is 9.96. The predicted octanol–water partition coefficient (Wildman–Crippen LogP) is 3.71. The first-order chi connectivity index (χ1) is 9.06. The summed E-state index contributed by atoms with van der Waals surface area (Å²) < 4.78 is 5.30. The van der Waals surface area contributed by atoms with Gasteiger partial charge in [-0.1, -0.05) is 17.7 Å². The Balaban J connectivity index is 1.98. The van der Waals surface area contributed by atoms with Gasteiger partial charge >= 0.3 is 0 Å². The zero-order chi connectivity index (χ0) is 13.8. The van der Waals surface area contributed by atoms with Crippen molar-refractivity contribution in [3.05, 3.63) is 28.3 Å². The maximum absolute atomic E-state index is 12.1. The highest BCUT2D eigenvalue weighted by Crippen LogP contribution is 2.28. The van der Waals surface area contributed by atoms with Crippen molar-refractivity contribution in [2.45, 2.75) is 33.1 Å². The summed E-state index contributed by atoms with van der Waals surface area (Å²) in [5.74, 6) is 0.471. The minimum Gasteiger partial charge on any atom is -0.381 e. The molecule has 0 bridgehead atoms. The van der Waals surface area contributed by atoms with E-state index in [4.69, 9.17) is 16.3 Å². The van der Waals surface area contributed by atoms with Gasteiger partial charge in [0.2, 0.25) is 5.91 Å². The van der Waals surface area contributed by atoms with Crippen molar-refractivity contribution < 1.29 is 9.53 Å². The standard InChI is InChI=1S/C15H20ClNO2/c1-10-7-11(2)15(13(16)8-10)17-14(18)9-12-3-5-19-6-4-12/h7-8,12H,3-6,9H2,1-2H3,(H,17,18). The lowest BCUT2D eigenvalue weighted by Gasteiger charge is -2.21. The van der Waals surface area contributed by atoms with Crippen LogP contribution in [-0.4, -0.2) is 19.1 Å². The number of hydrogen-bond donors (Lipinski definition) is 1. The minimum absolute atomic E-state index is 0.0424. The summed E-state index contributed by atoms with van der Waals surface area (Å²) in [6, 6.07) is 3.90. The van der Waals surface area contributed by atoms with Gasteiger partial charge in [0.05, 0.1) is 10.7 Å². The third-order valence-electron chi connectivity index (χ3n) is 3.51. The summed E-state index contributed by atoms with van der Waals surface area (Å²) >= 11 is 6.19. The number of aryl methyl sites for hydroxylation is 2. The van der Waals surface area contributed by atoms with Crippen molar-refractivity contribution in [3.63, 3.8) is 0 Å². The average Bonchev–Trinajstić information content (AvgIpc) is 2.35. The summed E-state index contributed by atoms with van der Waals surface area (Å²) in [5.41, 5.74) is 2.85. The Hall–Kier alpha value is -1.06. The number of carbonyl (C=O) groups is 1. The second-order valence-corrected chi connectivity index (χ2v) is 5.65. The molecule has 0 aromatic heterocycles. The maximum Gasteiger partial charge on any atom is 0.224 e. The van der Waals surface area contributed by atoms with Gasteiger partial charge in [0.1, 0.15) is 0 Å². The van der Waals surface area contributed by atoms with Crippen molar-refractivity contribution >= 4 is 23.2 Å². The minimum atomic E-state index is 0.0424. The third kappa shape index (κ3) is 3.95. The van der Waals surface area contributed by atoms with Crippen molar-refractivity contribution in [2.75, 3.05) is 18.5 Å². The van der Waals surface area contributed by atoms with Gasteiger partial charge in [0.15, 0.2) is 0 Å². The molecule has 1 heterocycles. The lowest BCUT2D eigenvalue weighted by molar-refractivity contribution is -0.117. The van der Waals surface area contributed by atoms with Crippen LogP contribution in [0.1, 0.15) is 30.4 Å². The van der Waals surface area contributed by atoms with E-state index < -0.39 is 0 Å². The van der Waals surface area contributed by atoms with E-state index in [1.165, 1.54) is 0 Å². The summed E-state index contributed by atoms with van der Waals surface area (Å²) in [6.07, 6.45) is 2.48. The number of hydrogen-bond acceptors (Lipinski definition) is 2. The molecular weight excluding hydrogens is 262 g/mol. The first-order valence-corrected chi connectivity index (χ1v) is 7.08. The summed E-state index contributed by atoms with van der Waals surface area (Å²) in [4.78, 5) is 12.1. The van der Waals surface area contributed by atoms with Gasteiger partial charge in [0.25, 0.3) is 0 Å². The van der Waals surface area contributed by atoms with E-state index in [9.17, 15) is 4.79 Å². The number of ether oxygens (including phenoxy) is 1. The zero-order valence-corrected chi connectivity index (χ0v) is 12.2. The molecule has 4 heteroatoms. The number of rotatable bonds is 3. The van der Waals surface area contributed by atoms with Crippen LogP contribution >= 0.6 is 11.6 Å². The smallest absolute Gasteiger partial charge is 0.224 e. The van der Waals surface area contributed by atoms with Crippen LogP contribution in [-0.2, 0) is 9.53 Å². The van der Waals surface area contributed by atoms with Gasteiger partial charge in [-0.25, -0.2) is 0 Å². The van der Waals surface area contributed by atoms with E-state index in [0.717, 1.165) is 42.9 Å². The maximum atomic E-state index is 12.1. The molecule has 2 rings (SSSR count). The molecule has 1 aromatic carbocycles. The van der Waals surface area contributed by atoms with Crippen LogP contribution in [0.15, 0.2) is 12.1 Å². The molecule has 1 aliphatic rings. The first kappa shape index (κ1) is 14.4. The molecule has 19 heavy (non-hydrogen) atoms. The molecule has 1 fully saturated rings. The Kier molecular flexibility index (Phi) is 4.83. The van der Waals surface area contributed by atoms with Gasteiger partial charge in [-0.15, -0.1) is 0 Å². The number of halogens is 1. The molecule has 104 valence electrons. The van der Waals surface area contributed by atoms with Crippen molar-refractivity contribution in [1.82, 2.24) is 0 Å². The largest absolute Gasteiger partial charge is 0.381 e. The molecular formula is C15H20ClNO2. The van der Waals surface area contributed by atoms with Crippen LogP contribution in [0.25, 0.3) is 0 Å². The normalized spacial score (nSPS) is 16.4. The van der Waals surface area contributed by atoms with Gasteiger partial charge in [0, 0.05) is 19.6 Å². The molecule has 0 radical (unpaired) electrons. The Morgan fingerprint density at radius 2 is 2.05 bits per heavy atom. The molecule has 0 spiro atoms. The van der Waals surface area contributed by atoms with E-state index in [2.05, 4.69) is 5.32 Å². The van der Waals surface area contributed by atoms with Crippen LogP contribution in [0.5, 0.6) is 0 Å². The Bertz CT molecular complexity index is 444. The topological polar surface area (TPSA) is 38.3 Å². The van der Waals surface area contributed by atoms with Crippen LogP contribution in [0.3, 0.4) is 0 Å². The molecule has 0 saturated carbocycles. The Morgan fingerprint density at radius 3 is 2.68 bits per heavy atom. The predicted molar refractivity (Wildman–Crippen MR) is 77.7 cm³/mol. The summed E-state index contributed by atoms with van der Waals surface area (Å²) in [7, 11) is 0. The van der Waals surface area contributed by atoms with Crippen molar-refractivity contribution in [2.24, 2.45) is 5.92 Å². The molecule has 1 aliphatic heterocycles. The van der Waals surface area contributed by atoms with Crippen LogP contribution in [0.2, 0.25) is 5.02 Å². The molecule has 1 aromatic rings. The monoisotopic (exact) mass is 281 g/mol. The SMILES string of the molecule is Cc1cc(C)c(NC(=O)CC2CCOCC2)c(Cl)c1. The second kappa shape index (κ2) is 6.40. The fourth-order valence-corrected chi connectivity index (χ4v) is 2.85. The van der Waals surface area contributed by atoms with Gasteiger partial charge in [-0.05, 0) is 49.8 Å². The number of benzene rings is 1. The molecule has 0 atom stereocenters. The number of anilines is 1. The van der Waals surface area contributed by atoms with Crippen molar-refractivity contribution in [1.29, 1.82) is 0 Å². The fraction of sp³-hybridized carbons (Fsp3) is 0.533. The average molecular weight is 282 g/mol. The number of nitrogens with one attached hydrogen (secondary N) is 1. The van der Waals surface area contributed by atoms with Crippen LogP contribution in [0.4, 0.5) is 5.69 Å². The molecule has 0 unspecified atom stereocenters. The van der Waals surface area contributed by atoms with Gasteiger partial charge < -0.3 is 10.1 Å². The van der Waals surface area contributed by atoms with Crippen LogP contribution in [0, 0.1) is 19.8 Å². The number of amides is 1. The Labute approximate surface area is 119 Å². The second-order valence-electron chi connectivity index (χ2n) is 5.25. The molecule has 1 saturated heterocycles. The molecule has 3 nitrogen and oxygen atoms in total. The van der Waals surface area contributed by atoms with Gasteiger partial charge in [-0.2, -0.15) is 0 Å². The van der Waals surface area contributed by atoms with E-state index in [1.807, 2.05) is 26.0 Å². The highest BCUT2D eigenvalue weighted by molar-refractivity contribution is 6.34. The van der Waals surface area contributed by atoms with Crippen molar-refractivity contribution in [3.8, 4) is 0 Å². The third-order valence-corrected chi connectivity index (χ3v) is 3.81. The zero-order valence-electron chi connectivity index (χ0n) is 11.5. The highest BCUT2D eigenvalue weighted by Gasteiger charge is 2.18. The first-order valence-electron chi connectivity index (χ1n) is 6.70. The molecule has 1 amide bonds. The van der Waals surface area contributed by atoms with E-state index in [1.54, 1.807) is 0 Å². The fourth-order valence-electron chi connectivity index (χ4n) is 2.48. The van der Waals surface area contributed by atoms with Gasteiger partial charge in [-0.3, -0.25) is 4.79 Å². The lowest BCUT2D eigenvalue weighted by Crippen LogP contribution is -2.22. The van der Waals surface area contributed by atoms with Crippen LogP contribution < -0.4 is 5.32 Å². The van der Waals surface area contributed by atoms with E-state index in [0.29, 0.717) is 17.4 Å². The quantitative estimate of drug-likeness (QED) is 0.917. The summed E-state index contributed by atoms with van der Waals surface area (Å²) in [6.45, 7) is 5.49. The number of carbonyl (C=O) groups excluding carboxylic acids is 1. The van der Waals surface area contributed by atoms with E-state index >= 15 is 0 Å². The highest BCUT2D eigenvalue weighted by atomic mass is 35.5. The molecule has 1 N–H and O–H groups in total.